The maximum absolute atomic E-state index is 5.40. The molecule has 0 aromatic heterocycles. The van der Waals surface area contributed by atoms with Crippen LogP contribution in [-0.2, 0) is 11.2 Å². The quantitative estimate of drug-likeness (QED) is 0.755. The molecule has 0 N–H and O–H groups in total. The van der Waals surface area contributed by atoms with Gasteiger partial charge >= 0.3 is 0 Å². The van der Waals surface area contributed by atoms with Crippen molar-refractivity contribution < 1.29 is 9.47 Å². The van der Waals surface area contributed by atoms with E-state index in [-0.39, 0.29) is 6.04 Å². The van der Waals surface area contributed by atoms with Gasteiger partial charge in [0.2, 0.25) is 0 Å². The highest BCUT2D eigenvalue weighted by Crippen LogP contribution is 2.17. The van der Waals surface area contributed by atoms with Crippen LogP contribution in [0.1, 0.15) is 18.1 Å². The first kappa shape index (κ1) is 17.5. The van der Waals surface area contributed by atoms with Gasteiger partial charge in [0.25, 0.3) is 0 Å². The molecular weight excluding hydrogens is 312 g/mol. The molecule has 0 unspecified atom stereocenters. The molecule has 0 radical (unpaired) electrons. The van der Waals surface area contributed by atoms with Crippen molar-refractivity contribution in [3.8, 4) is 5.75 Å². The molecule has 4 heteroatoms. The fourth-order valence-electron chi connectivity index (χ4n) is 3.00. The summed E-state index contributed by atoms with van der Waals surface area (Å²) in [5, 5.41) is 0. The average molecular weight is 338 g/mol. The molecule has 132 valence electrons. The zero-order valence-electron chi connectivity index (χ0n) is 15.0. The smallest absolute Gasteiger partial charge is 0.119 e. The number of hydrogen-bond donors (Lipinski definition) is 0. The van der Waals surface area contributed by atoms with E-state index in [4.69, 9.17) is 9.47 Å². The SMILES string of the molecule is COc1cccc(C[C@H](C)/N=C/c2ccc(N3CCOCC3)cc2)c1. The van der Waals surface area contributed by atoms with E-state index >= 15 is 0 Å². The molecule has 0 amide bonds. The molecule has 1 aliphatic rings. The summed E-state index contributed by atoms with van der Waals surface area (Å²) in [5.41, 5.74) is 3.63. The van der Waals surface area contributed by atoms with E-state index in [9.17, 15) is 0 Å². The Morgan fingerprint density at radius 2 is 1.92 bits per heavy atom. The first-order chi connectivity index (χ1) is 12.2. The number of anilines is 1. The van der Waals surface area contributed by atoms with Gasteiger partial charge in [-0.25, -0.2) is 0 Å². The van der Waals surface area contributed by atoms with Crippen LogP contribution in [0.25, 0.3) is 0 Å². The summed E-state index contributed by atoms with van der Waals surface area (Å²) in [7, 11) is 1.70. The Morgan fingerprint density at radius 3 is 2.64 bits per heavy atom. The summed E-state index contributed by atoms with van der Waals surface area (Å²) >= 11 is 0. The van der Waals surface area contributed by atoms with Crippen molar-refractivity contribution in [2.24, 2.45) is 4.99 Å². The predicted octanol–water partition coefficient (Wildman–Crippen LogP) is 3.58. The van der Waals surface area contributed by atoms with Crippen LogP contribution < -0.4 is 9.64 Å². The fraction of sp³-hybridized carbons (Fsp3) is 0.381. The number of nitrogens with zero attached hydrogens (tertiary/aromatic N) is 2. The van der Waals surface area contributed by atoms with Gasteiger partial charge < -0.3 is 14.4 Å². The molecular formula is C21H26N2O2. The van der Waals surface area contributed by atoms with Gasteiger partial charge in [-0.15, -0.1) is 0 Å². The molecule has 1 saturated heterocycles. The van der Waals surface area contributed by atoms with Gasteiger partial charge in [0.05, 0.1) is 26.4 Å². The second-order valence-electron chi connectivity index (χ2n) is 6.37. The zero-order valence-corrected chi connectivity index (χ0v) is 15.0. The summed E-state index contributed by atoms with van der Waals surface area (Å²) in [6, 6.07) is 17.0. The van der Waals surface area contributed by atoms with Crippen LogP contribution in [0.4, 0.5) is 5.69 Å². The lowest BCUT2D eigenvalue weighted by Gasteiger charge is -2.28. The first-order valence-corrected chi connectivity index (χ1v) is 8.83. The molecule has 0 bridgehead atoms. The normalized spacial score (nSPS) is 16.2. The molecule has 0 aliphatic carbocycles. The summed E-state index contributed by atoms with van der Waals surface area (Å²) in [5.74, 6) is 0.896. The second kappa shape index (κ2) is 8.67. The molecule has 2 aromatic rings. The summed E-state index contributed by atoms with van der Waals surface area (Å²) in [4.78, 5) is 7.04. The van der Waals surface area contributed by atoms with Crippen molar-refractivity contribution in [2.45, 2.75) is 19.4 Å². The Morgan fingerprint density at radius 1 is 1.16 bits per heavy atom. The van der Waals surface area contributed by atoms with Crippen LogP contribution in [0.15, 0.2) is 53.5 Å². The number of morpholine rings is 1. The Labute approximate surface area is 150 Å². The van der Waals surface area contributed by atoms with E-state index in [0.29, 0.717) is 0 Å². The highest BCUT2D eigenvalue weighted by Gasteiger charge is 2.10. The molecule has 3 rings (SSSR count). The molecule has 0 saturated carbocycles. The lowest BCUT2D eigenvalue weighted by atomic mass is 10.1. The van der Waals surface area contributed by atoms with Crippen LogP contribution in [0.3, 0.4) is 0 Å². The monoisotopic (exact) mass is 338 g/mol. The van der Waals surface area contributed by atoms with Gasteiger partial charge in [-0.2, -0.15) is 0 Å². The van der Waals surface area contributed by atoms with Crippen LogP contribution in [0.5, 0.6) is 5.75 Å². The van der Waals surface area contributed by atoms with E-state index in [2.05, 4.69) is 53.2 Å². The van der Waals surface area contributed by atoms with E-state index in [1.54, 1.807) is 7.11 Å². The molecule has 4 nitrogen and oxygen atoms in total. The predicted molar refractivity (Wildman–Crippen MR) is 103 cm³/mol. The van der Waals surface area contributed by atoms with Crippen molar-refractivity contribution in [2.75, 3.05) is 38.3 Å². The fourth-order valence-corrected chi connectivity index (χ4v) is 3.00. The van der Waals surface area contributed by atoms with Crippen LogP contribution >= 0.6 is 0 Å². The standard InChI is InChI=1S/C21H26N2O2/c1-17(14-19-4-3-5-21(15-19)24-2)22-16-18-6-8-20(9-7-18)23-10-12-25-13-11-23/h3-9,15-17H,10-14H2,1-2H3/b22-16+/t17-/m0/s1. The summed E-state index contributed by atoms with van der Waals surface area (Å²) < 4.78 is 10.7. The minimum Gasteiger partial charge on any atom is -0.497 e. The third kappa shape index (κ3) is 5.07. The van der Waals surface area contributed by atoms with Crippen molar-refractivity contribution >= 4 is 11.9 Å². The number of rotatable bonds is 6. The molecule has 2 aromatic carbocycles. The van der Waals surface area contributed by atoms with Crippen LogP contribution in [0, 0.1) is 0 Å². The molecule has 1 aliphatic heterocycles. The van der Waals surface area contributed by atoms with Crippen LogP contribution in [0.2, 0.25) is 0 Å². The van der Waals surface area contributed by atoms with Crippen molar-refractivity contribution in [1.29, 1.82) is 0 Å². The number of ether oxygens (including phenoxy) is 2. The topological polar surface area (TPSA) is 34.1 Å². The highest BCUT2D eigenvalue weighted by molar-refractivity contribution is 5.80. The summed E-state index contributed by atoms with van der Waals surface area (Å²) in [6.45, 7) is 5.68. The summed E-state index contributed by atoms with van der Waals surface area (Å²) in [6.07, 6.45) is 2.87. The lowest BCUT2D eigenvalue weighted by Crippen LogP contribution is -2.36. The van der Waals surface area contributed by atoms with E-state index in [1.165, 1.54) is 11.3 Å². The van der Waals surface area contributed by atoms with Crippen molar-refractivity contribution in [3.05, 3.63) is 59.7 Å². The minimum absolute atomic E-state index is 0.228. The van der Waals surface area contributed by atoms with Gasteiger partial charge in [-0.3, -0.25) is 4.99 Å². The Bertz CT molecular complexity index is 691. The first-order valence-electron chi connectivity index (χ1n) is 8.83. The third-order valence-corrected chi connectivity index (χ3v) is 4.41. The van der Waals surface area contributed by atoms with Gasteiger partial charge in [0, 0.05) is 25.0 Å². The molecule has 1 atom stereocenters. The Balaban J connectivity index is 1.57. The van der Waals surface area contributed by atoms with E-state index in [1.807, 2.05) is 18.3 Å². The molecule has 0 spiro atoms. The lowest BCUT2D eigenvalue weighted by molar-refractivity contribution is 0.122. The van der Waals surface area contributed by atoms with Gasteiger partial charge in [0.1, 0.15) is 5.75 Å². The van der Waals surface area contributed by atoms with E-state index in [0.717, 1.165) is 44.0 Å². The third-order valence-electron chi connectivity index (χ3n) is 4.41. The Hall–Kier alpha value is -2.33. The number of aliphatic imine (C=N–C) groups is 1. The number of benzene rings is 2. The van der Waals surface area contributed by atoms with Gasteiger partial charge in [0.15, 0.2) is 0 Å². The largest absolute Gasteiger partial charge is 0.497 e. The number of methoxy groups -OCH3 is 1. The number of hydrogen-bond acceptors (Lipinski definition) is 4. The molecule has 1 heterocycles. The van der Waals surface area contributed by atoms with E-state index < -0.39 is 0 Å². The van der Waals surface area contributed by atoms with Crippen molar-refractivity contribution in [1.82, 2.24) is 0 Å². The average Bonchev–Trinajstić information content (AvgIpc) is 2.67. The van der Waals surface area contributed by atoms with Crippen molar-refractivity contribution in [3.63, 3.8) is 0 Å². The highest BCUT2D eigenvalue weighted by atomic mass is 16.5. The molecule has 25 heavy (non-hydrogen) atoms. The second-order valence-corrected chi connectivity index (χ2v) is 6.37. The minimum atomic E-state index is 0.228. The zero-order chi connectivity index (χ0) is 17.5. The molecule has 1 fully saturated rings. The van der Waals surface area contributed by atoms with Crippen LogP contribution in [-0.4, -0.2) is 45.7 Å². The maximum atomic E-state index is 5.40. The van der Waals surface area contributed by atoms with Gasteiger partial charge in [-0.05, 0) is 48.7 Å². The Kier molecular flexibility index (Phi) is 6.07. The van der Waals surface area contributed by atoms with Gasteiger partial charge in [-0.1, -0.05) is 24.3 Å². The maximum Gasteiger partial charge on any atom is 0.119 e.